The minimum atomic E-state index is -0.00807. The van der Waals surface area contributed by atoms with Crippen LogP contribution >= 0.6 is 22.7 Å². The van der Waals surface area contributed by atoms with Crippen LogP contribution in [0.2, 0.25) is 0 Å². The van der Waals surface area contributed by atoms with Gasteiger partial charge in [-0.1, -0.05) is 30.3 Å². The molecule has 4 unspecified atom stereocenters. The molecule has 5 heterocycles. The lowest BCUT2D eigenvalue weighted by molar-refractivity contribution is -0.688. The Hall–Kier alpha value is -4.47. The van der Waals surface area contributed by atoms with E-state index in [-0.39, 0.29) is 29.6 Å². The number of aromatic nitrogens is 3. The van der Waals surface area contributed by atoms with Gasteiger partial charge in [-0.3, -0.25) is 19.6 Å². The number of amides is 2. The zero-order valence-corrected chi connectivity index (χ0v) is 25.7. The molecular weight excluding hydrogens is 587 g/mol. The van der Waals surface area contributed by atoms with Crippen LogP contribution in [0.5, 0.6) is 0 Å². The van der Waals surface area contributed by atoms with Crippen molar-refractivity contribution in [2.45, 2.75) is 38.1 Å². The molecule has 2 aliphatic carbocycles. The first-order valence-corrected chi connectivity index (χ1v) is 16.5. The number of nitrogens with zero attached hydrogens (tertiary/aromatic N) is 3. The number of aryl methyl sites for hydroxylation is 1. The summed E-state index contributed by atoms with van der Waals surface area (Å²) < 4.78 is 4.28. The number of hydrogen-bond donors (Lipinski definition) is 2. The van der Waals surface area contributed by atoms with Gasteiger partial charge < -0.3 is 10.6 Å². The second kappa shape index (κ2) is 10.9. The third-order valence-electron chi connectivity index (χ3n) is 8.85. The molecule has 2 amide bonds. The van der Waals surface area contributed by atoms with Crippen LogP contribution in [0.25, 0.3) is 20.2 Å². The molecule has 2 N–H and O–H groups in total. The average molecular weight is 617 g/mol. The van der Waals surface area contributed by atoms with Crippen molar-refractivity contribution in [1.82, 2.24) is 9.97 Å². The molecule has 2 saturated carbocycles. The minimum absolute atomic E-state index is 0.00807. The van der Waals surface area contributed by atoms with E-state index in [1.807, 2.05) is 56.0 Å². The summed E-state index contributed by atoms with van der Waals surface area (Å²) in [7, 11) is 0. The molecule has 0 saturated heterocycles. The van der Waals surface area contributed by atoms with Gasteiger partial charge in [0.2, 0.25) is 11.8 Å². The van der Waals surface area contributed by atoms with E-state index in [2.05, 4.69) is 67.9 Å². The Kier molecular flexibility index (Phi) is 6.72. The number of hydrogen-bond acceptors (Lipinski definition) is 6. The predicted octanol–water partition coefficient (Wildman–Crippen LogP) is 7.03. The number of anilines is 2. The standard InChI is InChI=1S/C35H29N5O2S2/c1-20-15-36-17-30-24(20)13-32(43-30)38-35(42)29-12-26(29)22-7-9-40(10-8-22)19-23-16-37-18-31-27(23)14-33(44-31)39-34(41)28-11-25(28)21-5-3-2-4-6-21/h2-10,13-18,25-26,28-29H,11-12,19H2,1H3,(H-,36,37,38,39,41,42)/p+1. The first-order valence-electron chi connectivity index (χ1n) is 14.9. The molecule has 6 aromatic rings. The molecule has 2 aliphatic rings. The Balaban J connectivity index is 0.901. The number of carbonyl (C=O) groups excluding carboxylic acids is 2. The lowest BCUT2D eigenvalue weighted by atomic mass is 10.1. The van der Waals surface area contributed by atoms with Crippen molar-refractivity contribution >= 4 is 64.7 Å². The van der Waals surface area contributed by atoms with Crippen LogP contribution in [0.3, 0.4) is 0 Å². The molecule has 44 heavy (non-hydrogen) atoms. The number of fused-ring (bicyclic) bond motifs is 2. The van der Waals surface area contributed by atoms with E-state index < -0.39 is 0 Å². The molecule has 7 nitrogen and oxygen atoms in total. The number of thiophene rings is 2. The minimum Gasteiger partial charge on any atom is -0.317 e. The second-order valence-electron chi connectivity index (χ2n) is 11.9. The van der Waals surface area contributed by atoms with Crippen LogP contribution in [0.1, 0.15) is 46.9 Å². The van der Waals surface area contributed by atoms with Crippen molar-refractivity contribution in [2.75, 3.05) is 10.6 Å². The zero-order valence-electron chi connectivity index (χ0n) is 24.1. The molecule has 0 radical (unpaired) electrons. The van der Waals surface area contributed by atoms with Gasteiger partial charge in [-0.05, 0) is 60.4 Å². The van der Waals surface area contributed by atoms with E-state index in [1.165, 1.54) is 11.1 Å². The molecule has 9 heteroatoms. The summed E-state index contributed by atoms with van der Waals surface area (Å²) in [6.45, 7) is 2.71. The number of pyridine rings is 3. The largest absolute Gasteiger partial charge is 0.317 e. The maximum absolute atomic E-state index is 13.0. The fourth-order valence-corrected chi connectivity index (χ4v) is 8.20. The van der Waals surface area contributed by atoms with Gasteiger partial charge >= 0.3 is 0 Å². The van der Waals surface area contributed by atoms with E-state index in [1.54, 1.807) is 22.7 Å². The number of carbonyl (C=O) groups is 2. The monoisotopic (exact) mass is 616 g/mol. The van der Waals surface area contributed by atoms with Gasteiger partial charge in [0, 0.05) is 65.1 Å². The quantitative estimate of drug-likeness (QED) is 0.180. The molecular formula is C35H30N5O2S2+. The Bertz CT molecular complexity index is 2040. The van der Waals surface area contributed by atoms with Crippen LogP contribution < -0.4 is 15.2 Å². The number of benzene rings is 1. The molecule has 218 valence electrons. The van der Waals surface area contributed by atoms with E-state index in [0.717, 1.165) is 54.1 Å². The fourth-order valence-electron chi connectivity index (χ4n) is 6.21. The third kappa shape index (κ3) is 5.27. The lowest BCUT2D eigenvalue weighted by Crippen LogP contribution is -2.33. The summed E-state index contributed by atoms with van der Waals surface area (Å²) in [4.78, 5) is 34.7. The SMILES string of the molecule is Cc1cncc2sc(NC(=O)C3CC3c3cc[n+](Cc4cncc5sc(NC(=O)C6CC6c6ccccc6)cc45)cc3)cc12. The smallest absolute Gasteiger partial charge is 0.228 e. The number of nitrogens with one attached hydrogen (secondary N) is 2. The Morgan fingerprint density at radius 1 is 0.773 bits per heavy atom. The van der Waals surface area contributed by atoms with Crippen LogP contribution in [0, 0.1) is 18.8 Å². The molecule has 0 bridgehead atoms. The first kappa shape index (κ1) is 27.1. The average Bonchev–Trinajstić information content (AvgIpc) is 3.93. The van der Waals surface area contributed by atoms with E-state index >= 15 is 0 Å². The van der Waals surface area contributed by atoms with Gasteiger partial charge in [-0.15, -0.1) is 22.7 Å². The van der Waals surface area contributed by atoms with Crippen molar-refractivity contribution in [2.24, 2.45) is 11.8 Å². The van der Waals surface area contributed by atoms with Crippen molar-refractivity contribution in [3.8, 4) is 0 Å². The van der Waals surface area contributed by atoms with Gasteiger partial charge in [0.15, 0.2) is 18.9 Å². The summed E-state index contributed by atoms with van der Waals surface area (Å²) in [6, 6.07) is 18.6. The fraction of sp³-hybridized carbons (Fsp3) is 0.229. The van der Waals surface area contributed by atoms with E-state index in [4.69, 9.17) is 0 Å². The topological polar surface area (TPSA) is 87.9 Å². The summed E-state index contributed by atoms with van der Waals surface area (Å²) in [5, 5.41) is 10.3. The van der Waals surface area contributed by atoms with Crippen LogP contribution in [0.4, 0.5) is 10.0 Å². The van der Waals surface area contributed by atoms with E-state index in [0.29, 0.717) is 12.5 Å². The lowest BCUT2D eigenvalue weighted by Gasteiger charge is -2.03. The van der Waals surface area contributed by atoms with Gasteiger partial charge in [0.05, 0.1) is 19.4 Å². The predicted molar refractivity (Wildman–Crippen MR) is 175 cm³/mol. The highest BCUT2D eigenvalue weighted by atomic mass is 32.1. The normalized spacial score (nSPS) is 20.5. The van der Waals surface area contributed by atoms with Crippen molar-refractivity contribution < 1.29 is 14.2 Å². The molecule has 0 spiro atoms. The van der Waals surface area contributed by atoms with Gasteiger partial charge in [0.1, 0.15) is 0 Å². The highest BCUT2D eigenvalue weighted by Gasteiger charge is 2.45. The summed E-state index contributed by atoms with van der Waals surface area (Å²) in [5.41, 5.74) is 4.64. The van der Waals surface area contributed by atoms with Gasteiger partial charge in [-0.2, -0.15) is 0 Å². The Labute approximate surface area is 262 Å². The molecule has 4 atom stereocenters. The third-order valence-corrected chi connectivity index (χ3v) is 10.8. The Morgan fingerprint density at radius 3 is 1.98 bits per heavy atom. The molecule has 1 aromatic carbocycles. The van der Waals surface area contributed by atoms with Crippen LogP contribution in [0.15, 0.2) is 91.8 Å². The van der Waals surface area contributed by atoms with Crippen molar-refractivity contribution in [1.29, 1.82) is 0 Å². The maximum atomic E-state index is 13.0. The first-order chi connectivity index (χ1) is 21.5. The second-order valence-corrected chi connectivity index (χ2v) is 14.1. The summed E-state index contributed by atoms with van der Waals surface area (Å²) >= 11 is 3.14. The van der Waals surface area contributed by atoms with Crippen molar-refractivity contribution in [3.63, 3.8) is 0 Å². The summed E-state index contributed by atoms with van der Waals surface area (Å²) in [5.74, 6) is 0.748. The Morgan fingerprint density at radius 2 is 1.34 bits per heavy atom. The highest BCUT2D eigenvalue weighted by Crippen LogP contribution is 2.49. The van der Waals surface area contributed by atoms with Crippen molar-refractivity contribution in [3.05, 3.63) is 114 Å². The maximum Gasteiger partial charge on any atom is 0.228 e. The van der Waals surface area contributed by atoms with Crippen LogP contribution in [-0.2, 0) is 16.1 Å². The molecule has 2 fully saturated rings. The molecule has 0 aliphatic heterocycles. The number of rotatable bonds is 8. The van der Waals surface area contributed by atoms with Gasteiger partial charge in [-0.25, -0.2) is 4.57 Å². The zero-order chi connectivity index (χ0) is 29.8. The highest BCUT2D eigenvalue weighted by molar-refractivity contribution is 7.23. The molecule has 8 rings (SSSR count). The van der Waals surface area contributed by atoms with E-state index in [9.17, 15) is 9.59 Å². The van der Waals surface area contributed by atoms with Gasteiger partial charge in [0.25, 0.3) is 0 Å². The summed E-state index contributed by atoms with van der Waals surface area (Å²) in [6.07, 6.45) is 13.4. The molecule has 5 aromatic heterocycles. The van der Waals surface area contributed by atoms with Crippen LogP contribution in [-0.4, -0.2) is 21.8 Å².